The normalized spacial score (nSPS) is 16.0. The van der Waals surface area contributed by atoms with Crippen LogP contribution in [0.4, 0.5) is 10.2 Å². The molecule has 1 fully saturated rings. The van der Waals surface area contributed by atoms with Crippen molar-refractivity contribution in [1.82, 2.24) is 20.3 Å². The summed E-state index contributed by atoms with van der Waals surface area (Å²) in [7, 11) is 0. The predicted octanol–water partition coefficient (Wildman–Crippen LogP) is 3.79. The molecule has 6 nitrogen and oxygen atoms in total. The summed E-state index contributed by atoms with van der Waals surface area (Å²) in [5, 5.41) is 4.50. The molecule has 0 saturated carbocycles. The second-order valence-electron chi connectivity index (χ2n) is 7.37. The first-order valence-corrected chi connectivity index (χ1v) is 9.78. The third-order valence-electron chi connectivity index (χ3n) is 5.43. The fourth-order valence-electron chi connectivity index (χ4n) is 3.90. The van der Waals surface area contributed by atoms with Crippen LogP contribution in [0.2, 0.25) is 5.02 Å². The molecule has 1 amide bonds. The summed E-state index contributed by atoms with van der Waals surface area (Å²) in [6, 6.07) is 9.45. The van der Waals surface area contributed by atoms with Gasteiger partial charge in [0.1, 0.15) is 17.8 Å². The number of nitrogens with one attached hydrogen (secondary N) is 2. The first-order valence-electron chi connectivity index (χ1n) is 9.40. The van der Waals surface area contributed by atoms with Gasteiger partial charge in [-0.05, 0) is 43.0 Å². The Morgan fingerprint density at radius 2 is 1.97 bits per heavy atom. The summed E-state index contributed by atoms with van der Waals surface area (Å²) in [4.78, 5) is 26.1. The maximum atomic E-state index is 13.4. The predicted molar refractivity (Wildman–Crippen MR) is 112 cm³/mol. The second-order valence-corrected chi connectivity index (χ2v) is 7.80. The van der Waals surface area contributed by atoms with Crippen LogP contribution < -0.4 is 10.2 Å². The van der Waals surface area contributed by atoms with E-state index in [0.717, 1.165) is 22.4 Å². The highest BCUT2D eigenvalue weighted by Gasteiger charge is 2.37. The van der Waals surface area contributed by atoms with Gasteiger partial charge in [0, 0.05) is 29.8 Å². The Kier molecular flexibility index (Phi) is 5.24. The molecule has 0 radical (unpaired) electrons. The van der Waals surface area contributed by atoms with Gasteiger partial charge in [0.15, 0.2) is 5.83 Å². The molecule has 3 heterocycles. The Labute approximate surface area is 172 Å². The van der Waals surface area contributed by atoms with Crippen molar-refractivity contribution in [2.45, 2.75) is 24.8 Å². The number of fused-ring (bicyclic) bond motifs is 1. The van der Waals surface area contributed by atoms with E-state index in [9.17, 15) is 9.18 Å². The van der Waals surface area contributed by atoms with E-state index in [-0.39, 0.29) is 0 Å². The van der Waals surface area contributed by atoms with E-state index in [1.54, 1.807) is 6.33 Å². The number of piperidine rings is 1. The summed E-state index contributed by atoms with van der Waals surface area (Å²) in [6.07, 6.45) is 5.25. The summed E-state index contributed by atoms with van der Waals surface area (Å²) in [6.45, 7) is 4.48. The summed E-state index contributed by atoms with van der Waals surface area (Å²) in [5.74, 6) is -0.882. The Bertz CT molecular complexity index is 1040. The average molecular weight is 414 g/mol. The number of benzene rings is 1. The van der Waals surface area contributed by atoms with Crippen LogP contribution in [0.25, 0.3) is 11.0 Å². The zero-order valence-corrected chi connectivity index (χ0v) is 16.5. The van der Waals surface area contributed by atoms with Crippen molar-refractivity contribution in [3.05, 3.63) is 65.8 Å². The maximum Gasteiger partial charge on any atom is 0.279 e. The van der Waals surface area contributed by atoms with Crippen molar-refractivity contribution < 1.29 is 9.18 Å². The molecule has 0 unspecified atom stereocenters. The molecule has 0 aliphatic carbocycles. The lowest BCUT2D eigenvalue weighted by Crippen LogP contribution is -2.57. The van der Waals surface area contributed by atoms with Gasteiger partial charge in [-0.1, -0.05) is 30.3 Å². The van der Waals surface area contributed by atoms with Crippen molar-refractivity contribution >= 4 is 34.4 Å². The van der Waals surface area contributed by atoms with E-state index in [1.165, 1.54) is 0 Å². The molecule has 4 rings (SSSR count). The lowest BCUT2D eigenvalue weighted by Gasteiger charge is -2.43. The smallest absolute Gasteiger partial charge is 0.279 e. The van der Waals surface area contributed by atoms with Crippen molar-refractivity contribution in [3.63, 3.8) is 0 Å². The SMILES string of the molecule is C=C(F)C(=O)NC1(Cc2ccc(Cl)cc2)CCN(c2ncnc3[nH]ccc23)CC1. The molecule has 2 N–H and O–H groups in total. The van der Waals surface area contributed by atoms with Crippen molar-refractivity contribution in [3.8, 4) is 0 Å². The quantitative estimate of drug-likeness (QED) is 0.624. The third kappa shape index (κ3) is 4.10. The topological polar surface area (TPSA) is 73.9 Å². The molecule has 0 bridgehead atoms. The molecule has 1 saturated heterocycles. The van der Waals surface area contributed by atoms with Gasteiger partial charge in [-0.25, -0.2) is 14.4 Å². The van der Waals surface area contributed by atoms with Crippen LogP contribution in [0.3, 0.4) is 0 Å². The van der Waals surface area contributed by atoms with Gasteiger partial charge in [0.25, 0.3) is 5.91 Å². The lowest BCUT2D eigenvalue weighted by atomic mass is 9.81. The molecule has 29 heavy (non-hydrogen) atoms. The number of halogens is 2. The van der Waals surface area contributed by atoms with Crippen molar-refractivity contribution in [2.24, 2.45) is 0 Å². The minimum Gasteiger partial charge on any atom is -0.356 e. The van der Waals surface area contributed by atoms with Gasteiger partial charge in [0.05, 0.1) is 5.39 Å². The number of carbonyl (C=O) groups excluding carboxylic acids is 1. The van der Waals surface area contributed by atoms with E-state index < -0.39 is 17.3 Å². The number of aromatic nitrogens is 3. The minimum atomic E-state index is -0.979. The number of nitrogens with zero attached hydrogens (tertiary/aromatic N) is 3. The molecule has 2 aromatic heterocycles. The Hall–Kier alpha value is -2.93. The van der Waals surface area contributed by atoms with Gasteiger partial charge >= 0.3 is 0 Å². The molecule has 150 valence electrons. The number of amides is 1. The summed E-state index contributed by atoms with van der Waals surface area (Å²) in [5.41, 5.74) is 1.25. The molecule has 1 aliphatic heterocycles. The summed E-state index contributed by atoms with van der Waals surface area (Å²) >= 11 is 5.99. The van der Waals surface area contributed by atoms with E-state index in [1.807, 2.05) is 36.5 Å². The van der Waals surface area contributed by atoms with E-state index in [2.05, 4.69) is 31.7 Å². The van der Waals surface area contributed by atoms with Crippen LogP contribution >= 0.6 is 11.6 Å². The van der Waals surface area contributed by atoms with Crippen LogP contribution in [-0.2, 0) is 11.2 Å². The standard InChI is InChI=1S/C21H21ClFN5O/c1-14(23)20(29)27-21(12-15-2-4-16(22)5-3-15)7-10-28(11-8-21)19-17-6-9-24-18(17)25-13-26-19/h2-6,9,13H,1,7-8,10-12H2,(H,27,29)(H,24,25,26). The molecule has 1 aliphatic rings. The third-order valence-corrected chi connectivity index (χ3v) is 5.69. The fraction of sp³-hybridized carbons (Fsp3) is 0.286. The van der Waals surface area contributed by atoms with Gasteiger partial charge < -0.3 is 15.2 Å². The highest BCUT2D eigenvalue weighted by atomic mass is 35.5. The Balaban J connectivity index is 1.56. The van der Waals surface area contributed by atoms with E-state index in [0.29, 0.717) is 37.4 Å². The zero-order chi connectivity index (χ0) is 20.4. The van der Waals surface area contributed by atoms with Gasteiger partial charge in [-0.2, -0.15) is 0 Å². The van der Waals surface area contributed by atoms with Crippen LogP contribution in [-0.4, -0.2) is 39.5 Å². The van der Waals surface area contributed by atoms with Gasteiger partial charge in [-0.3, -0.25) is 4.79 Å². The maximum absolute atomic E-state index is 13.4. The van der Waals surface area contributed by atoms with Crippen molar-refractivity contribution in [2.75, 3.05) is 18.0 Å². The van der Waals surface area contributed by atoms with Gasteiger partial charge in [-0.15, -0.1) is 0 Å². The minimum absolute atomic E-state index is 0.569. The first-order chi connectivity index (χ1) is 14.0. The van der Waals surface area contributed by atoms with E-state index in [4.69, 9.17) is 11.6 Å². The molecular weight excluding hydrogens is 393 g/mol. The molecule has 3 aromatic rings. The number of carbonyl (C=O) groups is 1. The number of rotatable bonds is 5. The highest BCUT2D eigenvalue weighted by Crippen LogP contribution is 2.32. The largest absolute Gasteiger partial charge is 0.356 e. The second kappa shape index (κ2) is 7.83. The lowest BCUT2D eigenvalue weighted by molar-refractivity contribution is -0.121. The van der Waals surface area contributed by atoms with Crippen LogP contribution in [0.1, 0.15) is 18.4 Å². The fourth-order valence-corrected chi connectivity index (χ4v) is 4.03. The van der Waals surface area contributed by atoms with Gasteiger partial charge in [0.2, 0.25) is 0 Å². The Morgan fingerprint density at radius 1 is 1.24 bits per heavy atom. The highest BCUT2D eigenvalue weighted by molar-refractivity contribution is 6.30. The zero-order valence-electron chi connectivity index (χ0n) is 15.8. The molecule has 1 aromatic carbocycles. The molecule has 0 spiro atoms. The monoisotopic (exact) mass is 413 g/mol. The number of H-pyrrole nitrogens is 1. The molecule has 0 atom stereocenters. The number of aromatic amines is 1. The number of hydrogen-bond acceptors (Lipinski definition) is 4. The number of anilines is 1. The Morgan fingerprint density at radius 3 is 2.66 bits per heavy atom. The first kappa shape index (κ1) is 19.4. The molecular formula is C21H21ClFN5O. The number of hydrogen-bond donors (Lipinski definition) is 2. The summed E-state index contributed by atoms with van der Waals surface area (Å²) < 4.78 is 13.4. The molecule has 8 heteroatoms. The van der Waals surface area contributed by atoms with Crippen LogP contribution in [0, 0.1) is 0 Å². The van der Waals surface area contributed by atoms with Crippen molar-refractivity contribution in [1.29, 1.82) is 0 Å². The van der Waals surface area contributed by atoms with Crippen LogP contribution in [0.5, 0.6) is 0 Å². The van der Waals surface area contributed by atoms with Crippen LogP contribution in [0.15, 0.2) is 55.3 Å². The average Bonchev–Trinajstić information content (AvgIpc) is 3.19. The van der Waals surface area contributed by atoms with E-state index >= 15 is 0 Å².